The molecule has 2 aliphatic rings. The number of ether oxygens (including phenoxy) is 7. The van der Waals surface area contributed by atoms with Crippen molar-refractivity contribution in [1.29, 1.82) is 0 Å². The summed E-state index contributed by atoms with van der Waals surface area (Å²) >= 11 is 0. The summed E-state index contributed by atoms with van der Waals surface area (Å²) in [6.45, 7) is 2.37. The summed E-state index contributed by atoms with van der Waals surface area (Å²) in [5.41, 5.74) is -1.87. The second kappa shape index (κ2) is 23.5. The van der Waals surface area contributed by atoms with Crippen LogP contribution in [0.2, 0.25) is 0 Å². The van der Waals surface area contributed by atoms with E-state index in [0.29, 0.717) is 34.7 Å². The Hall–Kier alpha value is -7.24. The Bertz CT molecular complexity index is 3200. The first-order valence-electron chi connectivity index (χ1n) is 23.9. The van der Waals surface area contributed by atoms with Gasteiger partial charge in [0.05, 0.1) is 47.3 Å². The smallest absolute Gasteiger partial charge is 0.472 e. The van der Waals surface area contributed by atoms with Crippen molar-refractivity contribution in [2.45, 2.75) is 88.5 Å². The minimum Gasteiger partial charge on any atom is -0.497 e. The van der Waals surface area contributed by atoms with E-state index in [2.05, 4.69) is 9.97 Å². The number of carbonyl (C=O) groups is 2. The molecule has 3 N–H and O–H groups in total. The van der Waals surface area contributed by atoms with E-state index in [9.17, 15) is 38.2 Å². The van der Waals surface area contributed by atoms with Gasteiger partial charge < -0.3 is 38.1 Å². The highest BCUT2D eigenvalue weighted by Gasteiger charge is 2.47. The van der Waals surface area contributed by atoms with Crippen molar-refractivity contribution < 1.29 is 65.8 Å². The maximum Gasteiger partial charge on any atom is 0.472 e. The molecule has 2 saturated heterocycles. The first-order chi connectivity index (χ1) is 35.9. The number of hydrogen-bond acceptors (Lipinski definition) is 16. The van der Waals surface area contributed by atoms with Crippen molar-refractivity contribution >= 4 is 19.8 Å². The van der Waals surface area contributed by atoms with Gasteiger partial charge in [0.25, 0.3) is 11.1 Å². The zero-order chi connectivity index (χ0) is 53.4. The van der Waals surface area contributed by atoms with E-state index in [-0.39, 0.29) is 43.6 Å². The molecule has 2 aliphatic heterocycles. The molecule has 75 heavy (non-hydrogen) atoms. The number of carbonyl (C=O) groups excluding carboxylic acids is 2. The predicted octanol–water partition coefficient (Wildman–Crippen LogP) is 3.37. The van der Waals surface area contributed by atoms with Gasteiger partial charge in [-0.25, -0.2) is 23.3 Å². The van der Waals surface area contributed by atoms with E-state index >= 15 is 0 Å². The number of nitrogens with zero attached hydrogens (tertiary/aromatic N) is 4. The average molecular weight is 1060 g/mol. The molecule has 3 aromatic carbocycles. The van der Waals surface area contributed by atoms with Crippen LogP contribution in [0.5, 0.6) is 11.5 Å². The number of rotatable bonds is 22. The number of aromatic amines is 2. The fraction of sp³-hybridized carbons (Fsp3) is 0.392. The van der Waals surface area contributed by atoms with Crippen molar-refractivity contribution in [2.24, 2.45) is 7.05 Å². The summed E-state index contributed by atoms with van der Waals surface area (Å²) in [7, 11) is -0.234. The fourth-order valence-electron chi connectivity index (χ4n) is 8.93. The molecule has 0 amide bonds. The van der Waals surface area contributed by atoms with Gasteiger partial charge in [-0.3, -0.25) is 47.3 Å². The van der Waals surface area contributed by atoms with Gasteiger partial charge in [-0.1, -0.05) is 54.6 Å². The number of H-pyrrole nitrogens is 2. The first-order valence-corrected chi connectivity index (χ1v) is 25.4. The van der Waals surface area contributed by atoms with Crippen LogP contribution in [0.15, 0.2) is 129 Å². The third kappa shape index (κ3) is 12.8. The zero-order valence-electron chi connectivity index (χ0n) is 41.7. The molecule has 5 heterocycles. The fourth-order valence-corrected chi connectivity index (χ4v) is 9.89. The first kappa shape index (κ1) is 54.0. The Balaban J connectivity index is 1.04. The molecule has 2 fully saturated rings. The standard InChI is InChI=1S/C51H57N6O17P/c1-32-27-56(49(62)52-47(32)60)43-25-39(73-46(59)20-19-45(58)68-24-23-55-22-21-54(3)31-55)42(72-43)30-70-75(64,65)74-40-26-44(57-28-33(2)48(61)53-50(57)63)71-41(40)29-69-51(34-9-7-6-8-10-34,35-11-15-37(66-4)16-12-35)36-13-17-38(67-5)18-14-36/h6-18,21-22,27-28,31,39-44H,19-20,23-26,29-30H2,1-5H3,(H2-,52,53,60,61,62,63,64,65)/p+1/t39-,40-,41+,42+,43+,44+/m0/s1. The van der Waals surface area contributed by atoms with Crippen LogP contribution in [0.1, 0.15) is 66.0 Å². The van der Waals surface area contributed by atoms with E-state index < -0.39 is 97.8 Å². The molecule has 0 aliphatic carbocycles. The molecule has 3 aromatic heterocycles. The Morgan fingerprint density at radius 3 is 1.80 bits per heavy atom. The summed E-state index contributed by atoms with van der Waals surface area (Å²) in [4.78, 5) is 92.6. The summed E-state index contributed by atoms with van der Waals surface area (Å²) in [5, 5.41) is 0. The molecular formula is C51H58N6O17P+. The number of phosphoric acid groups is 1. The zero-order valence-corrected chi connectivity index (χ0v) is 42.6. The van der Waals surface area contributed by atoms with Gasteiger partial charge >= 0.3 is 31.1 Å². The van der Waals surface area contributed by atoms with Crippen LogP contribution in [0.25, 0.3) is 0 Å². The minimum absolute atomic E-state index is 0.0608. The second-order valence-corrected chi connectivity index (χ2v) is 19.4. The van der Waals surface area contributed by atoms with Crippen LogP contribution in [-0.4, -0.2) is 99.0 Å². The van der Waals surface area contributed by atoms with Crippen molar-refractivity contribution in [3.8, 4) is 11.5 Å². The molecule has 7 atom stereocenters. The maximum absolute atomic E-state index is 14.2. The Kier molecular flexibility index (Phi) is 17.0. The highest BCUT2D eigenvalue weighted by atomic mass is 31.2. The van der Waals surface area contributed by atoms with Gasteiger partial charge in [-0.15, -0.1) is 0 Å². The van der Waals surface area contributed by atoms with Crippen LogP contribution in [0.3, 0.4) is 0 Å². The minimum atomic E-state index is -5.18. The maximum atomic E-state index is 14.2. The van der Waals surface area contributed by atoms with Crippen LogP contribution in [-0.2, 0) is 66.1 Å². The van der Waals surface area contributed by atoms with Crippen molar-refractivity contribution in [3.05, 3.63) is 179 Å². The van der Waals surface area contributed by atoms with Gasteiger partial charge in [-0.2, -0.15) is 0 Å². The summed E-state index contributed by atoms with van der Waals surface area (Å²) in [6, 6.07) is 23.8. The number of nitrogens with one attached hydrogen (secondary N) is 2. The lowest BCUT2D eigenvalue weighted by Gasteiger charge is -2.37. The lowest BCUT2D eigenvalue weighted by molar-refractivity contribution is -0.671. The van der Waals surface area contributed by atoms with Gasteiger partial charge in [0.1, 0.15) is 79.5 Å². The third-order valence-corrected chi connectivity index (χ3v) is 13.8. The molecule has 24 heteroatoms. The van der Waals surface area contributed by atoms with Crippen LogP contribution < -0.4 is 36.5 Å². The number of hydrogen-bond donors (Lipinski definition) is 3. The molecular weight excluding hydrogens is 1000 g/mol. The van der Waals surface area contributed by atoms with Crippen molar-refractivity contribution in [1.82, 2.24) is 23.7 Å². The normalized spacial score (nSPS) is 20.3. The average Bonchev–Trinajstić information content (AvgIpc) is 4.13. The van der Waals surface area contributed by atoms with Crippen molar-refractivity contribution in [2.75, 3.05) is 34.0 Å². The Labute approximate surface area is 428 Å². The van der Waals surface area contributed by atoms with Crippen LogP contribution in [0, 0.1) is 13.8 Å². The number of aromatic nitrogens is 6. The number of methoxy groups -OCH3 is 2. The van der Waals surface area contributed by atoms with E-state index in [0.717, 1.165) is 9.13 Å². The number of aryl methyl sites for hydroxylation is 3. The highest BCUT2D eigenvalue weighted by Crippen LogP contribution is 2.50. The summed E-state index contributed by atoms with van der Waals surface area (Å²) in [6.07, 6.45) is -0.405. The lowest BCUT2D eigenvalue weighted by Crippen LogP contribution is -2.38. The van der Waals surface area contributed by atoms with Crippen LogP contribution >= 0.6 is 7.82 Å². The monoisotopic (exact) mass is 1060 g/mol. The largest absolute Gasteiger partial charge is 0.497 e. The van der Waals surface area contributed by atoms with Gasteiger partial charge in [0.15, 0.2) is 0 Å². The molecule has 0 saturated carbocycles. The predicted molar refractivity (Wildman–Crippen MR) is 264 cm³/mol. The molecule has 8 rings (SSSR count). The lowest BCUT2D eigenvalue weighted by atomic mass is 9.80. The topological polar surface area (TPSA) is 273 Å². The molecule has 1 unspecified atom stereocenters. The quantitative estimate of drug-likeness (QED) is 0.0381. The molecule has 6 aromatic rings. The van der Waals surface area contributed by atoms with Crippen LogP contribution in [0.4, 0.5) is 0 Å². The molecule has 23 nitrogen and oxygen atoms in total. The number of benzene rings is 3. The van der Waals surface area contributed by atoms with E-state index in [4.69, 9.17) is 42.2 Å². The van der Waals surface area contributed by atoms with E-state index in [1.54, 1.807) is 38.5 Å². The summed E-state index contributed by atoms with van der Waals surface area (Å²) in [5.74, 6) is -0.313. The number of esters is 2. The highest BCUT2D eigenvalue weighted by molar-refractivity contribution is 7.47. The molecule has 0 radical (unpaired) electrons. The Morgan fingerprint density at radius 2 is 1.27 bits per heavy atom. The van der Waals surface area contributed by atoms with Crippen molar-refractivity contribution in [3.63, 3.8) is 0 Å². The Morgan fingerprint density at radius 1 is 0.747 bits per heavy atom. The molecule has 398 valence electrons. The molecule has 0 bridgehead atoms. The molecule has 0 spiro atoms. The summed E-state index contributed by atoms with van der Waals surface area (Å²) < 4.78 is 73.2. The number of imidazole rings is 1. The second-order valence-electron chi connectivity index (χ2n) is 18.0. The van der Waals surface area contributed by atoms with E-state index in [1.807, 2.05) is 89.5 Å². The number of phosphoric ester groups is 1. The van der Waals surface area contributed by atoms with Gasteiger partial charge in [0, 0.05) is 36.4 Å². The van der Waals surface area contributed by atoms with Gasteiger partial charge in [-0.05, 0) is 54.8 Å². The third-order valence-electron chi connectivity index (χ3n) is 12.8. The SMILES string of the molecule is COc1ccc(C(OC[C@H]2O[C@@H](n3cc(C)c(=O)[nH]c3=O)C[C@@H]2OP(=O)(O)OC[C@H]2O[C@@H](n3cc(C)c(=O)[nH]c3=O)C[C@@H]2OC(=O)CCC(=O)OCCn2cc[n+](C)c2)(c2ccccc2)c2ccc(OC)cc2)cc1. The van der Waals surface area contributed by atoms with E-state index in [1.165, 1.54) is 26.2 Å². The van der Waals surface area contributed by atoms with Gasteiger partial charge in [0.2, 0.25) is 6.33 Å².